The Hall–Kier alpha value is -3.35. The van der Waals surface area contributed by atoms with Crippen LogP contribution in [0.2, 0.25) is 0 Å². The molecule has 3 aromatic rings. The topological polar surface area (TPSA) is 65.4 Å². The van der Waals surface area contributed by atoms with Gasteiger partial charge in [0.2, 0.25) is 0 Å². The second-order valence-corrected chi connectivity index (χ2v) is 7.00. The molecule has 0 fully saturated rings. The fraction of sp³-hybridized carbons (Fsp3) is 0.273. The number of fused-ring (bicyclic) bond motifs is 1. The van der Waals surface area contributed by atoms with Gasteiger partial charge in [0.15, 0.2) is 0 Å². The summed E-state index contributed by atoms with van der Waals surface area (Å²) in [4.78, 5) is 17.0. The van der Waals surface area contributed by atoms with Crippen LogP contribution in [0, 0.1) is 5.82 Å². The van der Waals surface area contributed by atoms with Gasteiger partial charge >= 0.3 is 0 Å². The fourth-order valence-electron chi connectivity index (χ4n) is 3.69. The molecule has 0 saturated heterocycles. The van der Waals surface area contributed by atoms with Crippen molar-refractivity contribution >= 4 is 11.6 Å². The number of benzene rings is 2. The predicted molar refractivity (Wildman–Crippen MR) is 107 cm³/mol. The SMILES string of the molecule is COc1ccc([C@H]2CCc3nc(C(=O)Nc4ccc(F)cc4)cn3C2)c(OC)c1. The van der Waals surface area contributed by atoms with Gasteiger partial charge in [-0.3, -0.25) is 4.79 Å². The quantitative estimate of drug-likeness (QED) is 0.709. The predicted octanol–water partition coefficient (Wildman–Crippen LogP) is 4.02. The molecule has 1 aliphatic rings. The second-order valence-electron chi connectivity index (χ2n) is 7.00. The summed E-state index contributed by atoms with van der Waals surface area (Å²) in [6.07, 6.45) is 3.46. The highest BCUT2D eigenvalue weighted by molar-refractivity contribution is 6.02. The van der Waals surface area contributed by atoms with Crippen LogP contribution in [0.5, 0.6) is 11.5 Å². The minimum atomic E-state index is -0.347. The summed E-state index contributed by atoms with van der Waals surface area (Å²) in [5.74, 6) is 2.04. The van der Waals surface area contributed by atoms with Crippen molar-refractivity contribution in [3.8, 4) is 11.5 Å². The van der Waals surface area contributed by atoms with Crippen LogP contribution in [-0.2, 0) is 13.0 Å². The number of anilines is 1. The number of ether oxygens (including phenoxy) is 2. The molecular weight excluding hydrogens is 373 g/mol. The third-order valence-electron chi connectivity index (χ3n) is 5.21. The van der Waals surface area contributed by atoms with Crippen LogP contribution in [0.1, 0.15) is 34.2 Å². The molecule has 0 saturated carbocycles. The summed E-state index contributed by atoms with van der Waals surface area (Å²) < 4.78 is 25.9. The molecule has 150 valence electrons. The lowest BCUT2D eigenvalue weighted by Gasteiger charge is -2.25. The van der Waals surface area contributed by atoms with E-state index in [1.807, 2.05) is 22.8 Å². The Labute approximate surface area is 168 Å². The number of hydrogen-bond donors (Lipinski definition) is 1. The van der Waals surface area contributed by atoms with E-state index in [-0.39, 0.29) is 17.6 Å². The van der Waals surface area contributed by atoms with Gasteiger partial charge in [-0.25, -0.2) is 9.37 Å². The van der Waals surface area contributed by atoms with E-state index in [1.54, 1.807) is 20.4 Å². The molecule has 4 rings (SSSR count). The summed E-state index contributed by atoms with van der Waals surface area (Å²) in [7, 11) is 3.28. The number of nitrogens with one attached hydrogen (secondary N) is 1. The van der Waals surface area contributed by atoms with Crippen LogP contribution in [0.4, 0.5) is 10.1 Å². The number of aromatic nitrogens is 2. The van der Waals surface area contributed by atoms with Gasteiger partial charge in [0.1, 0.15) is 28.8 Å². The number of nitrogens with zero attached hydrogens (tertiary/aromatic N) is 2. The molecule has 2 aromatic carbocycles. The number of amides is 1. The normalized spacial score (nSPS) is 15.5. The highest BCUT2D eigenvalue weighted by atomic mass is 19.1. The van der Waals surface area contributed by atoms with Crippen molar-refractivity contribution < 1.29 is 18.7 Å². The molecule has 1 N–H and O–H groups in total. The maximum absolute atomic E-state index is 13.0. The zero-order valence-electron chi connectivity index (χ0n) is 16.3. The van der Waals surface area contributed by atoms with Crippen LogP contribution in [-0.4, -0.2) is 29.7 Å². The average Bonchev–Trinajstić information content (AvgIpc) is 3.18. The lowest BCUT2D eigenvalue weighted by Crippen LogP contribution is -2.19. The summed E-state index contributed by atoms with van der Waals surface area (Å²) in [6.45, 7) is 0.717. The van der Waals surface area contributed by atoms with Crippen molar-refractivity contribution in [2.75, 3.05) is 19.5 Å². The number of imidazole rings is 1. The molecular formula is C22H22FN3O3. The zero-order chi connectivity index (χ0) is 20.4. The summed E-state index contributed by atoms with van der Waals surface area (Å²) in [5, 5.41) is 2.75. The van der Waals surface area contributed by atoms with Crippen molar-refractivity contribution in [3.05, 3.63) is 71.6 Å². The molecule has 0 unspecified atom stereocenters. The van der Waals surface area contributed by atoms with Gasteiger partial charge in [0.05, 0.1) is 14.2 Å². The van der Waals surface area contributed by atoms with Gasteiger partial charge in [0.25, 0.3) is 5.91 Å². The average molecular weight is 395 g/mol. The molecule has 1 atom stereocenters. The van der Waals surface area contributed by atoms with Gasteiger partial charge in [-0.2, -0.15) is 0 Å². The largest absolute Gasteiger partial charge is 0.497 e. The van der Waals surface area contributed by atoms with Gasteiger partial charge in [-0.05, 0) is 42.3 Å². The molecule has 0 bridgehead atoms. The fourth-order valence-corrected chi connectivity index (χ4v) is 3.69. The van der Waals surface area contributed by atoms with E-state index in [0.717, 1.165) is 42.3 Å². The molecule has 0 radical (unpaired) electrons. The van der Waals surface area contributed by atoms with E-state index in [2.05, 4.69) is 10.3 Å². The smallest absolute Gasteiger partial charge is 0.275 e. The summed E-state index contributed by atoms with van der Waals surface area (Å²) in [5.41, 5.74) is 2.00. The molecule has 0 spiro atoms. The van der Waals surface area contributed by atoms with Crippen molar-refractivity contribution in [1.29, 1.82) is 0 Å². The molecule has 2 heterocycles. The Morgan fingerprint density at radius 3 is 2.69 bits per heavy atom. The maximum atomic E-state index is 13.0. The Bertz CT molecular complexity index is 1030. The Balaban J connectivity index is 1.51. The van der Waals surface area contributed by atoms with Crippen LogP contribution in [0.15, 0.2) is 48.7 Å². The number of carbonyl (C=O) groups excluding carboxylic acids is 1. The highest BCUT2D eigenvalue weighted by Gasteiger charge is 2.25. The lowest BCUT2D eigenvalue weighted by molar-refractivity contribution is 0.102. The van der Waals surface area contributed by atoms with E-state index in [1.165, 1.54) is 24.3 Å². The number of aryl methyl sites for hydroxylation is 1. The van der Waals surface area contributed by atoms with Crippen LogP contribution in [0.3, 0.4) is 0 Å². The van der Waals surface area contributed by atoms with E-state index >= 15 is 0 Å². The zero-order valence-corrected chi connectivity index (χ0v) is 16.3. The highest BCUT2D eigenvalue weighted by Crippen LogP contribution is 2.36. The van der Waals surface area contributed by atoms with Crippen molar-refractivity contribution in [3.63, 3.8) is 0 Å². The van der Waals surface area contributed by atoms with Crippen molar-refractivity contribution in [2.45, 2.75) is 25.3 Å². The third kappa shape index (κ3) is 3.94. The number of halogens is 1. The maximum Gasteiger partial charge on any atom is 0.275 e. The van der Waals surface area contributed by atoms with Crippen LogP contribution < -0.4 is 14.8 Å². The van der Waals surface area contributed by atoms with Gasteiger partial charge in [-0.15, -0.1) is 0 Å². The summed E-state index contributed by atoms with van der Waals surface area (Å²) in [6, 6.07) is 11.5. The molecule has 1 amide bonds. The minimum Gasteiger partial charge on any atom is -0.497 e. The number of carbonyl (C=O) groups is 1. The molecule has 1 aliphatic heterocycles. The first-order valence-electron chi connectivity index (χ1n) is 9.42. The van der Waals surface area contributed by atoms with Crippen molar-refractivity contribution in [1.82, 2.24) is 9.55 Å². The molecule has 7 heteroatoms. The molecule has 29 heavy (non-hydrogen) atoms. The first-order valence-corrected chi connectivity index (χ1v) is 9.42. The number of methoxy groups -OCH3 is 2. The molecule has 6 nitrogen and oxygen atoms in total. The van der Waals surface area contributed by atoms with E-state index < -0.39 is 0 Å². The van der Waals surface area contributed by atoms with E-state index in [9.17, 15) is 9.18 Å². The van der Waals surface area contributed by atoms with Gasteiger partial charge < -0.3 is 19.4 Å². The van der Waals surface area contributed by atoms with Crippen molar-refractivity contribution in [2.24, 2.45) is 0 Å². The minimum absolute atomic E-state index is 0.255. The van der Waals surface area contributed by atoms with Crippen LogP contribution in [0.25, 0.3) is 0 Å². The number of hydrogen-bond acceptors (Lipinski definition) is 4. The molecule has 0 aliphatic carbocycles. The van der Waals surface area contributed by atoms with E-state index in [4.69, 9.17) is 9.47 Å². The lowest BCUT2D eigenvalue weighted by atomic mass is 9.91. The van der Waals surface area contributed by atoms with Crippen LogP contribution >= 0.6 is 0 Å². The Morgan fingerprint density at radius 1 is 1.17 bits per heavy atom. The Kier molecular flexibility index (Phi) is 5.20. The molecule has 1 aromatic heterocycles. The third-order valence-corrected chi connectivity index (χ3v) is 5.21. The first kappa shape index (κ1) is 19.0. The number of rotatable bonds is 5. The first-order chi connectivity index (χ1) is 14.1. The Morgan fingerprint density at radius 2 is 1.97 bits per heavy atom. The standard InChI is InChI=1S/C22H22FN3O3/c1-28-17-8-9-18(20(11-17)29-2)14-3-10-21-25-19(13-26(21)12-14)22(27)24-16-6-4-15(23)5-7-16/h4-9,11,13-14H,3,10,12H2,1-2H3,(H,24,27)/t14-/m0/s1. The van der Waals surface area contributed by atoms with Gasteiger partial charge in [-0.1, -0.05) is 6.07 Å². The second kappa shape index (κ2) is 7.95. The summed E-state index contributed by atoms with van der Waals surface area (Å²) >= 11 is 0. The monoisotopic (exact) mass is 395 g/mol. The van der Waals surface area contributed by atoms with E-state index in [0.29, 0.717) is 11.4 Å². The van der Waals surface area contributed by atoms with Gasteiger partial charge in [0, 0.05) is 36.8 Å².